The molecule has 0 saturated heterocycles. The lowest BCUT2D eigenvalue weighted by Crippen LogP contribution is -1.88. The Hall–Kier alpha value is -0.880. The van der Waals surface area contributed by atoms with Gasteiger partial charge in [0.15, 0.2) is 0 Å². The Balaban J connectivity index is 2.46. The van der Waals surface area contributed by atoms with Crippen LogP contribution in [-0.2, 0) is 5.88 Å². The van der Waals surface area contributed by atoms with Crippen molar-refractivity contribution in [1.29, 1.82) is 5.26 Å². The standard InChI is InChI=1S/C7H6N2S/c8-4-7-6-2-1-3-9(6)5-10-7/h1-3,7H,5H2. The molecule has 0 fully saturated rings. The van der Waals surface area contributed by atoms with Gasteiger partial charge < -0.3 is 4.57 Å². The van der Waals surface area contributed by atoms with Gasteiger partial charge in [-0.2, -0.15) is 5.26 Å². The molecule has 3 heteroatoms. The van der Waals surface area contributed by atoms with Crippen molar-refractivity contribution in [2.75, 3.05) is 0 Å². The summed E-state index contributed by atoms with van der Waals surface area (Å²) in [5.74, 6) is 0.931. The van der Waals surface area contributed by atoms with E-state index in [-0.39, 0.29) is 5.25 Å². The number of nitrogens with zero attached hydrogens (tertiary/aromatic N) is 2. The molecule has 1 atom stereocenters. The summed E-state index contributed by atoms with van der Waals surface area (Å²) < 4.78 is 2.11. The highest BCUT2D eigenvalue weighted by atomic mass is 32.2. The van der Waals surface area contributed by atoms with Crippen LogP contribution in [0.2, 0.25) is 0 Å². The van der Waals surface area contributed by atoms with Gasteiger partial charge in [0.1, 0.15) is 5.25 Å². The monoisotopic (exact) mass is 150 g/mol. The lowest BCUT2D eigenvalue weighted by atomic mass is 10.3. The SMILES string of the molecule is N#CC1SCn2cccc21. The first kappa shape index (κ1) is 5.87. The van der Waals surface area contributed by atoms with Gasteiger partial charge in [0.25, 0.3) is 0 Å². The largest absolute Gasteiger partial charge is 0.340 e. The molecule has 1 aromatic heterocycles. The third-order valence-corrected chi connectivity index (χ3v) is 2.74. The van der Waals surface area contributed by atoms with Crippen LogP contribution >= 0.6 is 11.8 Å². The maximum Gasteiger partial charge on any atom is 0.133 e. The van der Waals surface area contributed by atoms with Crippen LogP contribution in [0.1, 0.15) is 10.9 Å². The van der Waals surface area contributed by atoms with Gasteiger partial charge in [-0.15, -0.1) is 11.8 Å². The van der Waals surface area contributed by atoms with Gasteiger partial charge in [-0.3, -0.25) is 0 Å². The van der Waals surface area contributed by atoms with Gasteiger partial charge >= 0.3 is 0 Å². The topological polar surface area (TPSA) is 28.7 Å². The fourth-order valence-electron chi connectivity index (χ4n) is 1.13. The van der Waals surface area contributed by atoms with Crippen molar-refractivity contribution in [1.82, 2.24) is 4.57 Å². The second-order valence-corrected chi connectivity index (χ2v) is 3.27. The van der Waals surface area contributed by atoms with E-state index >= 15 is 0 Å². The number of aromatic nitrogens is 1. The molecule has 1 aliphatic heterocycles. The summed E-state index contributed by atoms with van der Waals surface area (Å²) in [5.41, 5.74) is 1.15. The third kappa shape index (κ3) is 0.659. The summed E-state index contributed by atoms with van der Waals surface area (Å²) in [4.78, 5) is 0. The molecule has 2 rings (SSSR count). The molecule has 10 heavy (non-hydrogen) atoms. The maximum atomic E-state index is 8.65. The minimum atomic E-state index is 0.0648. The Morgan fingerprint density at radius 2 is 2.70 bits per heavy atom. The fraction of sp³-hybridized carbons (Fsp3) is 0.286. The molecule has 0 radical (unpaired) electrons. The van der Waals surface area contributed by atoms with Gasteiger partial charge in [0.05, 0.1) is 11.9 Å². The molecule has 0 aromatic carbocycles. The summed E-state index contributed by atoms with van der Waals surface area (Å²) in [7, 11) is 0. The fourth-order valence-corrected chi connectivity index (χ4v) is 2.13. The first-order valence-electron chi connectivity index (χ1n) is 3.08. The highest BCUT2D eigenvalue weighted by molar-refractivity contribution is 7.99. The highest BCUT2D eigenvalue weighted by Gasteiger charge is 2.21. The minimum absolute atomic E-state index is 0.0648. The lowest BCUT2D eigenvalue weighted by molar-refractivity contribution is 0.877. The first-order chi connectivity index (χ1) is 4.92. The molecule has 0 saturated carbocycles. The van der Waals surface area contributed by atoms with Crippen molar-refractivity contribution in [3.8, 4) is 6.07 Å². The average molecular weight is 150 g/mol. The van der Waals surface area contributed by atoms with Gasteiger partial charge in [0, 0.05) is 11.9 Å². The van der Waals surface area contributed by atoms with Crippen molar-refractivity contribution in [3.05, 3.63) is 24.0 Å². The van der Waals surface area contributed by atoms with Crippen molar-refractivity contribution < 1.29 is 0 Å². The predicted molar refractivity (Wildman–Crippen MR) is 40.4 cm³/mol. The molecule has 1 aliphatic rings. The number of nitriles is 1. The zero-order valence-corrected chi connectivity index (χ0v) is 6.14. The number of hydrogen-bond donors (Lipinski definition) is 0. The van der Waals surface area contributed by atoms with E-state index in [0.29, 0.717) is 0 Å². The molecule has 0 N–H and O–H groups in total. The summed E-state index contributed by atoms with van der Waals surface area (Å²) in [5, 5.41) is 8.71. The van der Waals surface area contributed by atoms with E-state index in [1.165, 1.54) is 0 Å². The van der Waals surface area contributed by atoms with Crippen LogP contribution in [-0.4, -0.2) is 4.57 Å². The normalized spacial score (nSPS) is 22.1. The van der Waals surface area contributed by atoms with Crippen molar-refractivity contribution in [2.45, 2.75) is 11.1 Å². The maximum absolute atomic E-state index is 8.65. The molecule has 50 valence electrons. The number of fused-ring (bicyclic) bond motifs is 1. The highest BCUT2D eigenvalue weighted by Crippen LogP contribution is 2.36. The summed E-state index contributed by atoms with van der Waals surface area (Å²) >= 11 is 1.68. The van der Waals surface area contributed by atoms with E-state index in [1.54, 1.807) is 11.8 Å². The van der Waals surface area contributed by atoms with E-state index in [1.807, 2.05) is 18.3 Å². The van der Waals surface area contributed by atoms with Gasteiger partial charge in [0.2, 0.25) is 0 Å². The van der Waals surface area contributed by atoms with Crippen molar-refractivity contribution in [2.24, 2.45) is 0 Å². The second-order valence-electron chi connectivity index (χ2n) is 2.21. The van der Waals surface area contributed by atoms with Gasteiger partial charge in [-0.1, -0.05) is 0 Å². The number of thioether (sulfide) groups is 1. The quantitative estimate of drug-likeness (QED) is 0.563. The number of rotatable bonds is 0. The Morgan fingerprint density at radius 3 is 3.50 bits per heavy atom. The molecule has 2 nitrogen and oxygen atoms in total. The molecule has 2 heterocycles. The molecular weight excluding hydrogens is 144 g/mol. The Morgan fingerprint density at radius 1 is 1.80 bits per heavy atom. The van der Waals surface area contributed by atoms with Crippen LogP contribution in [0.3, 0.4) is 0 Å². The van der Waals surface area contributed by atoms with E-state index in [2.05, 4.69) is 10.6 Å². The van der Waals surface area contributed by atoms with Crippen LogP contribution < -0.4 is 0 Å². The molecular formula is C7H6N2S. The van der Waals surface area contributed by atoms with Crippen molar-refractivity contribution in [3.63, 3.8) is 0 Å². The average Bonchev–Trinajstić information content (AvgIpc) is 2.44. The summed E-state index contributed by atoms with van der Waals surface area (Å²) in [6.07, 6.45) is 2.01. The van der Waals surface area contributed by atoms with Gasteiger partial charge in [-0.25, -0.2) is 0 Å². The molecule has 0 bridgehead atoms. The van der Waals surface area contributed by atoms with Crippen molar-refractivity contribution >= 4 is 11.8 Å². The zero-order chi connectivity index (χ0) is 6.97. The summed E-state index contributed by atoms with van der Waals surface area (Å²) in [6, 6.07) is 6.24. The van der Waals surface area contributed by atoms with E-state index in [0.717, 1.165) is 11.6 Å². The van der Waals surface area contributed by atoms with Crippen LogP contribution in [0, 0.1) is 11.3 Å². The van der Waals surface area contributed by atoms with Crippen LogP contribution in [0.4, 0.5) is 0 Å². The van der Waals surface area contributed by atoms with Crippen LogP contribution in [0.5, 0.6) is 0 Å². The zero-order valence-electron chi connectivity index (χ0n) is 5.32. The molecule has 1 unspecified atom stereocenters. The first-order valence-corrected chi connectivity index (χ1v) is 4.13. The second kappa shape index (κ2) is 2.06. The van der Waals surface area contributed by atoms with E-state index < -0.39 is 0 Å². The van der Waals surface area contributed by atoms with E-state index in [9.17, 15) is 0 Å². The molecule has 0 aliphatic carbocycles. The Bertz CT molecular complexity index is 284. The van der Waals surface area contributed by atoms with Gasteiger partial charge in [-0.05, 0) is 12.1 Å². The Labute approximate surface area is 63.5 Å². The molecule has 0 amide bonds. The predicted octanol–water partition coefficient (Wildman–Crippen LogP) is 1.76. The smallest absolute Gasteiger partial charge is 0.133 e. The number of hydrogen-bond acceptors (Lipinski definition) is 2. The lowest BCUT2D eigenvalue weighted by Gasteiger charge is -1.92. The molecule has 1 aromatic rings. The summed E-state index contributed by atoms with van der Waals surface area (Å²) in [6.45, 7) is 0. The van der Waals surface area contributed by atoms with Crippen LogP contribution in [0.25, 0.3) is 0 Å². The third-order valence-electron chi connectivity index (χ3n) is 1.63. The minimum Gasteiger partial charge on any atom is -0.340 e. The van der Waals surface area contributed by atoms with E-state index in [4.69, 9.17) is 5.26 Å². The van der Waals surface area contributed by atoms with Crippen LogP contribution in [0.15, 0.2) is 18.3 Å². The molecule has 0 spiro atoms. The Kier molecular flexibility index (Phi) is 1.21.